The summed E-state index contributed by atoms with van der Waals surface area (Å²) in [6.07, 6.45) is 1.01. The Morgan fingerprint density at radius 2 is 1.70 bits per heavy atom. The Morgan fingerprint density at radius 3 is 2.30 bits per heavy atom. The third kappa shape index (κ3) is 6.03. The summed E-state index contributed by atoms with van der Waals surface area (Å²) < 4.78 is 18.9. The van der Waals surface area contributed by atoms with E-state index in [1.807, 2.05) is 13.0 Å². The number of aryl methyl sites for hydroxylation is 1. The molecule has 0 radical (unpaired) electrons. The van der Waals surface area contributed by atoms with E-state index in [9.17, 15) is 9.18 Å². The van der Waals surface area contributed by atoms with Gasteiger partial charge in [0.2, 0.25) is 5.91 Å². The average Bonchev–Trinajstić information content (AvgIpc) is 2.75. The summed E-state index contributed by atoms with van der Waals surface area (Å²) in [5.74, 6) is -0.0124. The van der Waals surface area contributed by atoms with Crippen molar-refractivity contribution < 1.29 is 13.9 Å². The lowest BCUT2D eigenvalue weighted by molar-refractivity contribution is -0.123. The van der Waals surface area contributed by atoms with E-state index in [0.717, 1.165) is 43.7 Å². The van der Waals surface area contributed by atoms with Gasteiger partial charge >= 0.3 is 0 Å². The van der Waals surface area contributed by atoms with Crippen LogP contribution in [0.3, 0.4) is 0 Å². The third-order valence-electron chi connectivity index (χ3n) is 5.72. The lowest BCUT2D eigenvalue weighted by Gasteiger charge is -2.34. The van der Waals surface area contributed by atoms with Crippen molar-refractivity contribution in [1.82, 2.24) is 15.1 Å². The Labute approximate surface area is 178 Å². The number of nitrogens with zero attached hydrogens (tertiary/aromatic N) is 2. The third-order valence-corrected chi connectivity index (χ3v) is 5.72. The molecule has 1 saturated heterocycles. The van der Waals surface area contributed by atoms with Crippen LogP contribution < -0.4 is 10.1 Å². The number of benzene rings is 2. The first kappa shape index (κ1) is 22.2. The molecule has 1 unspecified atom stereocenters. The van der Waals surface area contributed by atoms with Crippen molar-refractivity contribution in [3.8, 4) is 5.75 Å². The molecule has 1 N–H and O–H groups in total. The Kier molecular flexibility index (Phi) is 7.82. The Hall–Kier alpha value is -2.44. The number of rotatable bonds is 8. The molecule has 0 aliphatic carbocycles. The number of nitrogens with one attached hydrogen (secondary N) is 1. The smallest absolute Gasteiger partial charge is 0.234 e. The zero-order valence-corrected chi connectivity index (χ0v) is 18.2. The molecule has 1 atom stereocenters. The summed E-state index contributed by atoms with van der Waals surface area (Å²) in [6, 6.07) is 13.5. The number of amides is 1. The molecule has 162 valence electrons. The second-order valence-electron chi connectivity index (χ2n) is 7.91. The molecule has 0 bridgehead atoms. The van der Waals surface area contributed by atoms with E-state index in [0.29, 0.717) is 13.1 Å². The van der Waals surface area contributed by atoms with Gasteiger partial charge in [-0.3, -0.25) is 14.6 Å². The molecule has 1 aliphatic rings. The van der Waals surface area contributed by atoms with Gasteiger partial charge in [-0.2, -0.15) is 0 Å². The van der Waals surface area contributed by atoms with Crippen molar-refractivity contribution in [1.29, 1.82) is 0 Å². The largest absolute Gasteiger partial charge is 0.494 e. The van der Waals surface area contributed by atoms with Gasteiger partial charge in [-0.25, -0.2) is 4.39 Å². The van der Waals surface area contributed by atoms with Crippen LogP contribution in [0.15, 0.2) is 42.5 Å². The van der Waals surface area contributed by atoms with E-state index in [1.54, 1.807) is 6.07 Å². The zero-order valence-electron chi connectivity index (χ0n) is 18.2. The van der Waals surface area contributed by atoms with Gasteiger partial charge in [-0.05, 0) is 42.2 Å². The highest BCUT2D eigenvalue weighted by Crippen LogP contribution is 2.19. The maximum atomic E-state index is 13.9. The van der Waals surface area contributed by atoms with E-state index in [1.165, 1.54) is 18.7 Å². The van der Waals surface area contributed by atoms with Crippen LogP contribution in [0.2, 0.25) is 0 Å². The number of halogens is 1. The average molecular weight is 414 g/mol. The molecule has 30 heavy (non-hydrogen) atoms. The van der Waals surface area contributed by atoms with Crippen LogP contribution in [0.25, 0.3) is 0 Å². The lowest BCUT2D eigenvalue weighted by atomic mass is 10.0. The van der Waals surface area contributed by atoms with Gasteiger partial charge in [0.15, 0.2) is 11.6 Å². The number of hydrogen-bond acceptors (Lipinski definition) is 4. The SMILES string of the molecule is CCc1ccc(C(C)NC(=O)CN2CCN(Cc3ccc(OC)c(F)c3)CC2)cc1. The summed E-state index contributed by atoms with van der Waals surface area (Å²) in [6.45, 7) is 8.62. The molecule has 2 aromatic carbocycles. The first-order chi connectivity index (χ1) is 14.5. The molecule has 1 aliphatic heterocycles. The van der Waals surface area contributed by atoms with E-state index >= 15 is 0 Å². The Balaban J connectivity index is 1.42. The van der Waals surface area contributed by atoms with Crippen LogP contribution in [0.4, 0.5) is 4.39 Å². The molecule has 2 aromatic rings. The Morgan fingerprint density at radius 1 is 1.07 bits per heavy atom. The molecule has 0 saturated carbocycles. The minimum atomic E-state index is -0.330. The number of ether oxygens (including phenoxy) is 1. The summed E-state index contributed by atoms with van der Waals surface area (Å²) in [5.41, 5.74) is 3.35. The van der Waals surface area contributed by atoms with Crippen molar-refractivity contribution in [3.63, 3.8) is 0 Å². The van der Waals surface area contributed by atoms with Crippen LogP contribution in [-0.4, -0.2) is 55.5 Å². The highest BCUT2D eigenvalue weighted by molar-refractivity contribution is 5.78. The molecule has 1 fully saturated rings. The van der Waals surface area contributed by atoms with Gasteiger partial charge in [0, 0.05) is 32.7 Å². The summed E-state index contributed by atoms with van der Waals surface area (Å²) >= 11 is 0. The fourth-order valence-electron chi connectivity index (χ4n) is 3.79. The minimum Gasteiger partial charge on any atom is -0.494 e. The van der Waals surface area contributed by atoms with Crippen LogP contribution in [0.5, 0.6) is 5.75 Å². The van der Waals surface area contributed by atoms with Gasteiger partial charge in [-0.1, -0.05) is 37.3 Å². The molecule has 0 spiro atoms. The van der Waals surface area contributed by atoms with E-state index < -0.39 is 0 Å². The summed E-state index contributed by atoms with van der Waals surface area (Å²) in [4.78, 5) is 16.9. The van der Waals surface area contributed by atoms with E-state index in [2.05, 4.69) is 46.3 Å². The second kappa shape index (κ2) is 10.5. The van der Waals surface area contributed by atoms with Crippen LogP contribution in [0.1, 0.15) is 36.6 Å². The zero-order chi connectivity index (χ0) is 21.5. The molecule has 3 rings (SSSR count). The number of hydrogen-bond donors (Lipinski definition) is 1. The van der Waals surface area contributed by atoms with Crippen molar-refractivity contribution in [2.75, 3.05) is 39.8 Å². The molecule has 5 nitrogen and oxygen atoms in total. The maximum Gasteiger partial charge on any atom is 0.234 e. The predicted octanol–water partition coefficient (Wildman–Crippen LogP) is 3.39. The monoisotopic (exact) mass is 413 g/mol. The topological polar surface area (TPSA) is 44.8 Å². The van der Waals surface area contributed by atoms with E-state index in [4.69, 9.17) is 4.74 Å². The number of piperazine rings is 1. The normalized spacial score (nSPS) is 16.3. The number of methoxy groups -OCH3 is 1. The van der Waals surface area contributed by atoms with Gasteiger partial charge in [-0.15, -0.1) is 0 Å². The molecule has 1 amide bonds. The predicted molar refractivity (Wildman–Crippen MR) is 117 cm³/mol. The fraction of sp³-hybridized carbons (Fsp3) is 0.458. The standard InChI is InChI=1S/C24H32FN3O2/c1-4-19-5-8-21(9-6-19)18(2)26-24(29)17-28-13-11-27(12-14-28)16-20-7-10-23(30-3)22(25)15-20/h5-10,15,18H,4,11-14,16-17H2,1-3H3,(H,26,29). The molecular formula is C24H32FN3O2. The molecule has 0 aromatic heterocycles. The van der Waals surface area contributed by atoms with Gasteiger partial charge in [0.05, 0.1) is 19.7 Å². The highest BCUT2D eigenvalue weighted by Gasteiger charge is 2.20. The highest BCUT2D eigenvalue weighted by atomic mass is 19.1. The van der Waals surface area contributed by atoms with Crippen molar-refractivity contribution in [2.45, 2.75) is 32.9 Å². The lowest BCUT2D eigenvalue weighted by Crippen LogP contribution is -2.49. The van der Waals surface area contributed by atoms with Gasteiger partial charge in [0.1, 0.15) is 0 Å². The molecule has 1 heterocycles. The summed E-state index contributed by atoms with van der Waals surface area (Å²) in [5, 5.41) is 3.10. The maximum absolute atomic E-state index is 13.9. The van der Waals surface area contributed by atoms with Gasteiger partial charge in [0.25, 0.3) is 0 Å². The first-order valence-corrected chi connectivity index (χ1v) is 10.6. The summed E-state index contributed by atoms with van der Waals surface area (Å²) in [7, 11) is 1.47. The number of carbonyl (C=O) groups is 1. The quantitative estimate of drug-likeness (QED) is 0.721. The molecule has 6 heteroatoms. The molecular weight excluding hydrogens is 381 g/mol. The second-order valence-corrected chi connectivity index (χ2v) is 7.91. The van der Waals surface area contributed by atoms with Crippen LogP contribution >= 0.6 is 0 Å². The fourth-order valence-corrected chi connectivity index (χ4v) is 3.79. The van der Waals surface area contributed by atoms with E-state index in [-0.39, 0.29) is 23.5 Å². The first-order valence-electron chi connectivity index (χ1n) is 10.6. The number of carbonyl (C=O) groups excluding carboxylic acids is 1. The van der Waals surface area contributed by atoms with Crippen molar-refractivity contribution >= 4 is 5.91 Å². The van der Waals surface area contributed by atoms with Crippen molar-refractivity contribution in [2.24, 2.45) is 0 Å². The minimum absolute atomic E-state index is 0.00494. The Bertz CT molecular complexity index is 833. The van der Waals surface area contributed by atoms with Crippen LogP contribution in [-0.2, 0) is 17.8 Å². The van der Waals surface area contributed by atoms with Gasteiger partial charge < -0.3 is 10.1 Å². The van der Waals surface area contributed by atoms with Crippen LogP contribution in [0, 0.1) is 5.82 Å². The van der Waals surface area contributed by atoms with Crippen molar-refractivity contribution in [3.05, 3.63) is 65.0 Å².